The van der Waals surface area contributed by atoms with Crippen LogP contribution in [0.3, 0.4) is 0 Å². The van der Waals surface area contributed by atoms with E-state index in [4.69, 9.17) is 0 Å². The largest absolute Gasteiger partial charge is 0.481 e. The van der Waals surface area contributed by atoms with Gasteiger partial charge in [0.1, 0.15) is 0 Å². The number of carboxylic acid groups (broad SMARTS) is 1. The van der Waals surface area contributed by atoms with E-state index in [1.165, 1.54) is 0 Å². The van der Waals surface area contributed by atoms with Crippen LogP contribution in [0.4, 0.5) is 0 Å². The second-order valence-electron chi connectivity index (χ2n) is 7.42. The maximum Gasteiger partial charge on any atom is 0.314 e. The van der Waals surface area contributed by atoms with Gasteiger partial charge in [-0.15, -0.1) is 0 Å². The van der Waals surface area contributed by atoms with Crippen molar-refractivity contribution < 1.29 is 9.90 Å². The maximum atomic E-state index is 12.9. The van der Waals surface area contributed by atoms with Gasteiger partial charge in [0.15, 0.2) is 0 Å². The van der Waals surface area contributed by atoms with Crippen molar-refractivity contribution in [3.8, 4) is 0 Å². The summed E-state index contributed by atoms with van der Waals surface area (Å²) in [6, 6.07) is 10.1. The van der Waals surface area contributed by atoms with Crippen molar-refractivity contribution in [3.63, 3.8) is 0 Å². The average Bonchev–Trinajstić information content (AvgIpc) is 2.63. The molecule has 0 aliphatic rings. The average molecular weight is 347 g/mol. The van der Waals surface area contributed by atoms with Crippen LogP contribution in [0.1, 0.15) is 91.0 Å². The summed E-state index contributed by atoms with van der Waals surface area (Å²) >= 11 is 0. The minimum absolute atomic E-state index is 0.191. The van der Waals surface area contributed by atoms with Crippen molar-refractivity contribution in [3.05, 3.63) is 35.9 Å². The van der Waals surface area contributed by atoms with Crippen LogP contribution in [-0.4, -0.2) is 11.1 Å². The first-order valence-corrected chi connectivity index (χ1v) is 10.4. The first-order valence-electron chi connectivity index (χ1n) is 10.4. The molecule has 1 rings (SSSR count). The molecule has 0 saturated carbocycles. The first-order chi connectivity index (χ1) is 12.1. The second kappa shape index (κ2) is 11.3. The molecule has 0 amide bonds. The molecule has 1 aromatic carbocycles. The van der Waals surface area contributed by atoms with E-state index in [1.54, 1.807) is 0 Å². The zero-order valence-corrected chi connectivity index (χ0v) is 16.8. The van der Waals surface area contributed by atoms with Gasteiger partial charge in [0.2, 0.25) is 0 Å². The van der Waals surface area contributed by atoms with Crippen LogP contribution in [0, 0.1) is 11.8 Å². The fourth-order valence-electron chi connectivity index (χ4n) is 4.59. The summed E-state index contributed by atoms with van der Waals surface area (Å²) in [5, 5.41) is 10.6. The van der Waals surface area contributed by atoms with Crippen molar-refractivity contribution in [2.45, 2.75) is 90.9 Å². The standard InChI is InChI=1S/C23H38O2/c1-5-9-15-20(16-10-6-2)23(22(24)25,19(8-4)14-7-3)21-17-12-11-13-18-21/h11-13,17-20H,5-10,14-16H2,1-4H3,(H,24,25). The van der Waals surface area contributed by atoms with Crippen LogP contribution in [0.5, 0.6) is 0 Å². The lowest BCUT2D eigenvalue weighted by atomic mass is 9.58. The number of aliphatic carboxylic acids is 1. The summed E-state index contributed by atoms with van der Waals surface area (Å²) < 4.78 is 0. The van der Waals surface area contributed by atoms with Crippen molar-refractivity contribution in [2.75, 3.05) is 0 Å². The Bertz CT molecular complexity index is 474. The van der Waals surface area contributed by atoms with Crippen molar-refractivity contribution in [1.29, 1.82) is 0 Å². The lowest BCUT2D eigenvalue weighted by molar-refractivity contribution is -0.150. The lowest BCUT2D eigenvalue weighted by Gasteiger charge is -2.44. The van der Waals surface area contributed by atoms with E-state index in [-0.39, 0.29) is 11.8 Å². The van der Waals surface area contributed by atoms with Crippen LogP contribution in [0.15, 0.2) is 30.3 Å². The van der Waals surface area contributed by atoms with E-state index in [9.17, 15) is 9.90 Å². The van der Waals surface area contributed by atoms with E-state index in [2.05, 4.69) is 39.8 Å². The number of carboxylic acids is 1. The molecule has 2 heteroatoms. The molecule has 0 fully saturated rings. The number of hydrogen-bond acceptors (Lipinski definition) is 1. The van der Waals surface area contributed by atoms with Gasteiger partial charge in [-0.1, -0.05) is 96.6 Å². The Kier molecular flexibility index (Phi) is 9.85. The SMILES string of the molecule is CCCCC(CCCC)C(C(=O)O)(c1ccccc1)C(CC)CCC. The number of hydrogen-bond donors (Lipinski definition) is 1. The third-order valence-corrected chi connectivity index (χ3v) is 5.84. The molecule has 2 unspecified atom stereocenters. The van der Waals surface area contributed by atoms with Gasteiger partial charge in [-0.2, -0.15) is 0 Å². The molecule has 0 aliphatic heterocycles. The quantitative estimate of drug-likeness (QED) is 0.425. The van der Waals surface area contributed by atoms with E-state index in [1.807, 2.05) is 18.2 Å². The molecule has 1 N–H and O–H groups in total. The van der Waals surface area contributed by atoms with Gasteiger partial charge in [0.25, 0.3) is 0 Å². The highest BCUT2D eigenvalue weighted by molar-refractivity contribution is 5.82. The smallest absolute Gasteiger partial charge is 0.314 e. The highest BCUT2D eigenvalue weighted by Gasteiger charge is 2.51. The topological polar surface area (TPSA) is 37.3 Å². The van der Waals surface area contributed by atoms with Gasteiger partial charge in [-0.3, -0.25) is 4.79 Å². The normalized spacial score (nSPS) is 15.1. The van der Waals surface area contributed by atoms with Crippen LogP contribution >= 0.6 is 0 Å². The molecular formula is C23H38O2. The zero-order chi connectivity index (χ0) is 18.7. The van der Waals surface area contributed by atoms with Crippen LogP contribution < -0.4 is 0 Å². The molecule has 0 aromatic heterocycles. The Morgan fingerprint density at radius 1 is 0.880 bits per heavy atom. The van der Waals surface area contributed by atoms with E-state index >= 15 is 0 Å². The van der Waals surface area contributed by atoms with Crippen molar-refractivity contribution in [1.82, 2.24) is 0 Å². The van der Waals surface area contributed by atoms with Gasteiger partial charge in [0, 0.05) is 0 Å². The second-order valence-corrected chi connectivity index (χ2v) is 7.42. The molecular weight excluding hydrogens is 308 g/mol. The Hall–Kier alpha value is -1.31. The summed E-state index contributed by atoms with van der Waals surface area (Å²) in [5.41, 5.74) is 0.260. The number of benzene rings is 1. The number of rotatable bonds is 13. The highest BCUT2D eigenvalue weighted by atomic mass is 16.4. The van der Waals surface area contributed by atoms with Gasteiger partial charge in [-0.25, -0.2) is 0 Å². The minimum Gasteiger partial charge on any atom is -0.481 e. The van der Waals surface area contributed by atoms with Crippen molar-refractivity contribution >= 4 is 5.97 Å². The molecule has 25 heavy (non-hydrogen) atoms. The molecule has 1 aromatic rings. The van der Waals surface area contributed by atoms with Gasteiger partial charge < -0.3 is 5.11 Å². The molecule has 0 spiro atoms. The van der Waals surface area contributed by atoms with E-state index in [0.29, 0.717) is 0 Å². The zero-order valence-electron chi connectivity index (χ0n) is 16.8. The van der Waals surface area contributed by atoms with E-state index < -0.39 is 11.4 Å². The van der Waals surface area contributed by atoms with Crippen LogP contribution in [0.2, 0.25) is 0 Å². The maximum absolute atomic E-state index is 12.9. The highest BCUT2D eigenvalue weighted by Crippen LogP contribution is 2.47. The summed E-state index contributed by atoms with van der Waals surface area (Å²) in [4.78, 5) is 12.9. The molecule has 0 bridgehead atoms. The minimum atomic E-state index is -0.754. The predicted molar refractivity (Wildman–Crippen MR) is 107 cm³/mol. The lowest BCUT2D eigenvalue weighted by Crippen LogP contribution is -2.49. The summed E-state index contributed by atoms with van der Waals surface area (Å²) in [7, 11) is 0. The fourth-order valence-corrected chi connectivity index (χ4v) is 4.59. The molecule has 0 aliphatic carbocycles. The van der Waals surface area contributed by atoms with Gasteiger partial charge in [-0.05, 0) is 36.7 Å². The Morgan fingerprint density at radius 3 is 1.84 bits per heavy atom. The predicted octanol–water partition coefficient (Wildman–Crippen LogP) is 6.83. The molecule has 0 radical (unpaired) electrons. The Labute approximate surface area is 155 Å². The Morgan fingerprint density at radius 2 is 1.44 bits per heavy atom. The van der Waals surface area contributed by atoms with Crippen molar-refractivity contribution in [2.24, 2.45) is 11.8 Å². The number of unbranched alkanes of at least 4 members (excludes halogenated alkanes) is 2. The molecule has 142 valence electrons. The molecule has 2 atom stereocenters. The molecule has 2 nitrogen and oxygen atoms in total. The van der Waals surface area contributed by atoms with E-state index in [0.717, 1.165) is 63.4 Å². The van der Waals surface area contributed by atoms with Gasteiger partial charge in [0.05, 0.1) is 5.41 Å². The Balaban J connectivity index is 3.51. The summed E-state index contributed by atoms with van der Waals surface area (Å²) in [6.07, 6.45) is 9.42. The molecule has 0 heterocycles. The third kappa shape index (κ3) is 5.09. The summed E-state index contributed by atoms with van der Waals surface area (Å²) in [6.45, 7) is 8.74. The number of carbonyl (C=O) groups is 1. The monoisotopic (exact) mass is 346 g/mol. The molecule has 0 saturated heterocycles. The van der Waals surface area contributed by atoms with Crippen LogP contribution in [0.25, 0.3) is 0 Å². The summed E-state index contributed by atoms with van der Waals surface area (Å²) in [5.74, 6) is -0.212. The fraction of sp³-hybridized carbons (Fsp3) is 0.696. The third-order valence-electron chi connectivity index (χ3n) is 5.84. The van der Waals surface area contributed by atoms with Crippen LogP contribution in [-0.2, 0) is 10.2 Å². The van der Waals surface area contributed by atoms with Gasteiger partial charge >= 0.3 is 5.97 Å². The first kappa shape index (κ1) is 21.7.